The summed E-state index contributed by atoms with van der Waals surface area (Å²) in [6.07, 6.45) is 2.65. The molecule has 9 heteroatoms. The molecular weight excluding hydrogens is 419 g/mol. The van der Waals surface area contributed by atoms with Gasteiger partial charge in [0.2, 0.25) is 11.5 Å². The summed E-state index contributed by atoms with van der Waals surface area (Å²) in [6, 6.07) is 2.60. The molecule has 1 aliphatic carbocycles. The summed E-state index contributed by atoms with van der Waals surface area (Å²) >= 11 is 6.14. The van der Waals surface area contributed by atoms with Gasteiger partial charge in [0.25, 0.3) is 0 Å². The van der Waals surface area contributed by atoms with Gasteiger partial charge in [-0.3, -0.25) is 9.48 Å². The molecule has 1 heterocycles. The van der Waals surface area contributed by atoms with Crippen LogP contribution in [0, 0.1) is 0 Å². The van der Waals surface area contributed by atoms with E-state index in [4.69, 9.17) is 11.6 Å². The largest absolute Gasteiger partial charge is 0.425 e. The second-order valence-electron chi connectivity index (χ2n) is 6.77. The first-order valence-electron chi connectivity index (χ1n) is 8.94. The Kier molecular flexibility index (Phi) is 5.66. The topological polar surface area (TPSA) is 67.2 Å². The van der Waals surface area contributed by atoms with Crippen molar-refractivity contribution in [3.63, 3.8) is 0 Å². The summed E-state index contributed by atoms with van der Waals surface area (Å²) in [7, 11) is 1.48. The van der Waals surface area contributed by atoms with Gasteiger partial charge in [0.15, 0.2) is 0 Å². The third-order valence-electron chi connectivity index (χ3n) is 4.92. The van der Waals surface area contributed by atoms with E-state index in [-0.39, 0.29) is 28.6 Å². The van der Waals surface area contributed by atoms with Crippen molar-refractivity contribution in [2.75, 3.05) is 7.05 Å². The van der Waals surface area contributed by atoms with Crippen molar-refractivity contribution in [3.8, 4) is 11.1 Å². The summed E-state index contributed by atoms with van der Waals surface area (Å²) in [5.41, 5.74) is -3.04. The first kappa shape index (κ1) is 21.9. The number of benzene rings is 1. The number of allylic oxidation sites excluding steroid dienone is 3. The van der Waals surface area contributed by atoms with Crippen LogP contribution in [0.1, 0.15) is 18.1 Å². The molecule has 0 radical (unpaired) electrons. The Morgan fingerprint density at radius 2 is 2.13 bits per heavy atom. The number of halogens is 4. The van der Waals surface area contributed by atoms with Crippen LogP contribution in [0.2, 0.25) is 5.02 Å². The van der Waals surface area contributed by atoms with Gasteiger partial charge in [0.1, 0.15) is 6.54 Å². The SMILES string of the molecule is C=C1/C(=C\C=C/C)c2c(-c3cnn(CC(=O)NC)c3)cc(Cl)cc2C1(O)C(F)(F)F. The fourth-order valence-electron chi connectivity index (χ4n) is 3.43. The number of alkyl halides is 3. The summed E-state index contributed by atoms with van der Waals surface area (Å²) < 4.78 is 43.2. The molecule has 5 nitrogen and oxygen atoms in total. The fourth-order valence-corrected chi connectivity index (χ4v) is 3.65. The van der Waals surface area contributed by atoms with Crippen molar-refractivity contribution in [2.24, 2.45) is 0 Å². The van der Waals surface area contributed by atoms with E-state index in [0.29, 0.717) is 11.1 Å². The first-order valence-corrected chi connectivity index (χ1v) is 9.32. The molecule has 1 aromatic heterocycles. The minimum absolute atomic E-state index is 0.0190. The van der Waals surface area contributed by atoms with Crippen LogP contribution in [0.5, 0.6) is 0 Å². The molecule has 0 spiro atoms. The molecule has 0 saturated carbocycles. The summed E-state index contributed by atoms with van der Waals surface area (Å²) in [6.45, 7) is 5.22. The first-order chi connectivity index (χ1) is 14.0. The van der Waals surface area contributed by atoms with Crippen LogP contribution in [0.4, 0.5) is 13.2 Å². The van der Waals surface area contributed by atoms with Crippen LogP contribution in [0.3, 0.4) is 0 Å². The number of hydrogen-bond donors (Lipinski definition) is 2. The molecule has 1 aromatic carbocycles. The molecule has 0 bridgehead atoms. The number of aliphatic hydroxyl groups is 1. The Morgan fingerprint density at radius 1 is 1.43 bits per heavy atom. The molecule has 158 valence electrons. The van der Waals surface area contributed by atoms with Crippen molar-refractivity contribution in [1.82, 2.24) is 15.1 Å². The Hall–Kier alpha value is -2.84. The number of rotatable bonds is 4. The maximum atomic E-state index is 14.0. The molecule has 2 aromatic rings. The van der Waals surface area contributed by atoms with Gasteiger partial charge < -0.3 is 10.4 Å². The zero-order valence-corrected chi connectivity index (χ0v) is 17.0. The van der Waals surface area contributed by atoms with Gasteiger partial charge in [-0.05, 0) is 41.3 Å². The van der Waals surface area contributed by atoms with Crippen LogP contribution in [-0.4, -0.2) is 34.0 Å². The Balaban J connectivity index is 2.28. The third kappa shape index (κ3) is 3.46. The van der Waals surface area contributed by atoms with Crippen molar-refractivity contribution in [1.29, 1.82) is 0 Å². The minimum Gasteiger partial charge on any atom is -0.372 e. The summed E-state index contributed by atoms with van der Waals surface area (Å²) in [4.78, 5) is 11.6. The highest BCUT2D eigenvalue weighted by Gasteiger charge is 2.62. The third-order valence-corrected chi connectivity index (χ3v) is 5.14. The number of likely N-dealkylation sites (N-methyl/N-ethyl adjacent to an activating group) is 1. The molecule has 0 fully saturated rings. The lowest BCUT2D eigenvalue weighted by Gasteiger charge is -2.28. The zero-order valence-electron chi connectivity index (χ0n) is 16.2. The maximum Gasteiger partial charge on any atom is 0.425 e. The number of nitrogens with one attached hydrogen (secondary N) is 1. The number of fused-ring (bicyclic) bond motifs is 1. The molecule has 0 aliphatic heterocycles. The van der Waals surface area contributed by atoms with Gasteiger partial charge in [0, 0.05) is 29.4 Å². The highest BCUT2D eigenvalue weighted by atomic mass is 35.5. The molecule has 1 atom stereocenters. The van der Waals surface area contributed by atoms with E-state index in [2.05, 4.69) is 17.0 Å². The lowest BCUT2D eigenvalue weighted by atomic mass is 9.91. The number of carbonyl (C=O) groups is 1. The number of nitrogens with zero attached hydrogens (tertiary/aromatic N) is 2. The van der Waals surface area contributed by atoms with E-state index in [0.717, 1.165) is 6.07 Å². The number of aromatic nitrogens is 2. The Morgan fingerprint density at radius 3 is 2.73 bits per heavy atom. The molecule has 30 heavy (non-hydrogen) atoms. The number of hydrogen-bond acceptors (Lipinski definition) is 3. The van der Waals surface area contributed by atoms with Crippen LogP contribution in [0.25, 0.3) is 16.7 Å². The summed E-state index contributed by atoms with van der Waals surface area (Å²) in [5.74, 6) is -0.283. The Labute approximate surface area is 176 Å². The lowest BCUT2D eigenvalue weighted by molar-refractivity contribution is -0.246. The predicted octanol–water partition coefficient (Wildman–Crippen LogP) is 4.23. The molecule has 0 saturated heterocycles. The van der Waals surface area contributed by atoms with Gasteiger partial charge in [-0.25, -0.2) is 0 Å². The Bertz CT molecular complexity index is 1090. The highest BCUT2D eigenvalue weighted by Crippen LogP contribution is 2.58. The standard InChI is InChI=1S/C21H19ClF3N3O2/c1-4-5-6-15-12(2)20(30,21(23,24)25)17-8-14(22)7-16(19(15)17)13-9-27-28(10-13)11-18(29)26-3/h4-10,30H,2,11H2,1,3H3,(H,26,29)/b5-4-,15-6+. The molecule has 1 aliphatic rings. The van der Waals surface area contributed by atoms with Crippen LogP contribution in [0.15, 0.2) is 54.9 Å². The smallest absolute Gasteiger partial charge is 0.372 e. The van der Waals surface area contributed by atoms with Gasteiger partial charge in [-0.15, -0.1) is 0 Å². The van der Waals surface area contributed by atoms with E-state index in [1.807, 2.05) is 0 Å². The van der Waals surface area contributed by atoms with Gasteiger partial charge in [0.05, 0.1) is 6.20 Å². The normalized spacial score (nSPS) is 20.2. The van der Waals surface area contributed by atoms with Gasteiger partial charge in [-0.2, -0.15) is 18.3 Å². The summed E-state index contributed by atoms with van der Waals surface area (Å²) in [5, 5.41) is 17.3. The van der Waals surface area contributed by atoms with E-state index < -0.39 is 22.9 Å². The molecule has 2 N–H and O–H groups in total. The molecular formula is C21H19ClF3N3O2. The highest BCUT2D eigenvalue weighted by molar-refractivity contribution is 6.31. The fraction of sp³-hybridized carbons (Fsp3) is 0.238. The monoisotopic (exact) mass is 437 g/mol. The quantitative estimate of drug-likeness (QED) is 0.752. The average Bonchev–Trinajstić information content (AvgIpc) is 3.22. The van der Waals surface area contributed by atoms with Crippen LogP contribution >= 0.6 is 11.6 Å². The van der Waals surface area contributed by atoms with E-state index >= 15 is 0 Å². The van der Waals surface area contributed by atoms with Gasteiger partial charge >= 0.3 is 6.18 Å². The minimum atomic E-state index is -5.00. The van der Waals surface area contributed by atoms with Crippen LogP contribution < -0.4 is 5.32 Å². The average molecular weight is 438 g/mol. The van der Waals surface area contributed by atoms with Crippen molar-refractivity contribution < 1.29 is 23.1 Å². The van der Waals surface area contributed by atoms with Crippen LogP contribution in [-0.2, 0) is 16.9 Å². The predicted molar refractivity (Wildman–Crippen MR) is 109 cm³/mol. The molecule has 1 unspecified atom stereocenters. The second-order valence-corrected chi connectivity index (χ2v) is 7.20. The van der Waals surface area contributed by atoms with Crippen molar-refractivity contribution >= 4 is 23.1 Å². The zero-order chi connectivity index (χ0) is 22.3. The maximum absolute atomic E-state index is 14.0. The van der Waals surface area contributed by atoms with E-state index in [1.165, 1.54) is 36.3 Å². The van der Waals surface area contributed by atoms with E-state index in [9.17, 15) is 23.1 Å². The lowest BCUT2D eigenvalue weighted by Crippen LogP contribution is -2.41. The van der Waals surface area contributed by atoms with Gasteiger partial charge in [-0.1, -0.05) is 36.4 Å². The molecule has 1 amide bonds. The van der Waals surface area contributed by atoms with Crippen molar-refractivity contribution in [3.05, 3.63) is 71.1 Å². The van der Waals surface area contributed by atoms with Crippen molar-refractivity contribution in [2.45, 2.75) is 25.2 Å². The van der Waals surface area contributed by atoms with E-state index in [1.54, 1.807) is 19.1 Å². The number of amides is 1. The molecule has 3 rings (SSSR count). The number of carbonyl (C=O) groups excluding carboxylic acids is 1. The second kappa shape index (κ2) is 7.77.